The molecule has 0 fully saturated rings. The zero-order valence-electron chi connectivity index (χ0n) is 19.3. The number of Topliss-reactive ketones (excluding diaryl/α,β-unsaturated/α-hetero) is 2. The van der Waals surface area contributed by atoms with Gasteiger partial charge in [0.1, 0.15) is 24.2 Å². The number of amides is 2. The average Bonchev–Trinajstić information content (AvgIpc) is 3.29. The van der Waals surface area contributed by atoms with Crippen LogP contribution in [0.15, 0.2) is 55.0 Å². The Morgan fingerprint density at radius 2 is 1.89 bits per heavy atom. The predicted molar refractivity (Wildman–Crippen MR) is 130 cm³/mol. The number of carbonyl (C=O) groups is 4. The Labute approximate surface area is 205 Å². The molecule has 3 heterocycles. The number of aromatic nitrogens is 3. The number of nitrogens with one attached hydrogen (secondary N) is 3. The number of aromatic amines is 1. The molecule has 2 aromatic heterocycles. The number of H-pyrrole nitrogens is 1. The molecule has 0 atom stereocenters. The van der Waals surface area contributed by atoms with Gasteiger partial charge in [-0.3, -0.25) is 19.2 Å². The molecule has 0 radical (unpaired) electrons. The molecule has 2 aromatic carbocycles. The summed E-state index contributed by atoms with van der Waals surface area (Å²) in [6, 6.07) is 11.9. The number of ketones is 2. The average molecular weight is 483 g/mol. The first-order valence-corrected chi connectivity index (χ1v) is 11.2. The van der Waals surface area contributed by atoms with E-state index in [1.165, 1.54) is 25.5 Å². The Morgan fingerprint density at radius 3 is 2.72 bits per heavy atom. The summed E-state index contributed by atoms with van der Waals surface area (Å²) in [5.41, 5.74) is 3.60. The van der Waals surface area contributed by atoms with E-state index in [2.05, 4.69) is 25.6 Å². The Morgan fingerprint density at radius 1 is 1.06 bits per heavy atom. The lowest BCUT2D eigenvalue weighted by molar-refractivity contribution is -0.121. The summed E-state index contributed by atoms with van der Waals surface area (Å²) in [6.45, 7) is 1.74. The second-order valence-corrected chi connectivity index (χ2v) is 8.37. The van der Waals surface area contributed by atoms with E-state index in [0.29, 0.717) is 40.0 Å². The summed E-state index contributed by atoms with van der Waals surface area (Å²) >= 11 is 0. The molecule has 3 N–H and O–H groups in total. The van der Waals surface area contributed by atoms with Gasteiger partial charge in [-0.2, -0.15) is 0 Å². The summed E-state index contributed by atoms with van der Waals surface area (Å²) in [6.07, 6.45) is 3.09. The maximum atomic E-state index is 12.9. The number of carbonyl (C=O) groups excluding carboxylic acids is 4. The second kappa shape index (κ2) is 9.41. The standard InChI is InChI=1S/C26H21N5O5/c1-14(32)16-3-2-4-17(8-16)25(34)31-20-11-27-23-22(20)29-13-30-24(23)26(35)28-10-15-5-6-21-18(7-15)9-19(33)12-36-21/h2-8,11,13,27H,9-10,12H2,1H3,(H,28,35)(H,31,34). The Kier molecular flexibility index (Phi) is 5.99. The van der Waals surface area contributed by atoms with Crippen molar-refractivity contribution in [2.75, 3.05) is 11.9 Å². The zero-order valence-corrected chi connectivity index (χ0v) is 19.3. The maximum Gasteiger partial charge on any atom is 0.272 e. The van der Waals surface area contributed by atoms with Crippen LogP contribution in [0.2, 0.25) is 0 Å². The van der Waals surface area contributed by atoms with Crippen LogP contribution in [-0.4, -0.2) is 44.9 Å². The molecule has 10 nitrogen and oxygen atoms in total. The van der Waals surface area contributed by atoms with Crippen LogP contribution in [0.4, 0.5) is 5.69 Å². The van der Waals surface area contributed by atoms with Crippen molar-refractivity contribution < 1.29 is 23.9 Å². The molecule has 1 aliphatic heterocycles. The first-order valence-electron chi connectivity index (χ1n) is 11.2. The van der Waals surface area contributed by atoms with Crippen molar-refractivity contribution in [3.8, 4) is 5.75 Å². The van der Waals surface area contributed by atoms with Crippen molar-refractivity contribution in [1.29, 1.82) is 0 Å². The lowest BCUT2D eigenvalue weighted by Crippen LogP contribution is -2.25. The van der Waals surface area contributed by atoms with Gasteiger partial charge in [0.2, 0.25) is 0 Å². The summed E-state index contributed by atoms with van der Waals surface area (Å²) in [7, 11) is 0. The Hall–Kier alpha value is -4.86. The van der Waals surface area contributed by atoms with Crippen molar-refractivity contribution >= 4 is 40.1 Å². The minimum Gasteiger partial charge on any atom is -0.486 e. The molecule has 1 aliphatic rings. The quantitative estimate of drug-likeness (QED) is 0.358. The molecule has 0 saturated carbocycles. The van der Waals surface area contributed by atoms with Crippen LogP contribution < -0.4 is 15.4 Å². The van der Waals surface area contributed by atoms with Crippen molar-refractivity contribution in [2.45, 2.75) is 19.9 Å². The molecule has 5 rings (SSSR count). The van der Waals surface area contributed by atoms with Crippen LogP contribution in [0, 0.1) is 0 Å². The van der Waals surface area contributed by atoms with E-state index in [1.807, 2.05) is 12.1 Å². The monoisotopic (exact) mass is 483 g/mol. The van der Waals surface area contributed by atoms with E-state index in [-0.39, 0.29) is 30.4 Å². The van der Waals surface area contributed by atoms with Gasteiger partial charge in [0.25, 0.3) is 11.8 Å². The van der Waals surface area contributed by atoms with E-state index in [1.54, 1.807) is 24.3 Å². The molecule has 2 amide bonds. The molecule has 0 saturated heterocycles. The molecule has 0 aliphatic carbocycles. The van der Waals surface area contributed by atoms with Crippen LogP contribution >= 0.6 is 0 Å². The molecule has 10 heteroatoms. The predicted octanol–water partition coefficient (Wildman–Crippen LogP) is 2.85. The van der Waals surface area contributed by atoms with Gasteiger partial charge >= 0.3 is 0 Å². The van der Waals surface area contributed by atoms with E-state index in [4.69, 9.17) is 4.74 Å². The van der Waals surface area contributed by atoms with E-state index in [9.17, 15) is 19.2 Å². The first-order chi connectivity index (χ1) is 17.4. The Bertz CT molecular complexity index is 1540. The van der Waals surface area contributed by atoms with Gasteiger partial charge in [-0.15, -0.1) is 0 Å². The van der Waals surface area contributed by atoms with E-state index >= 15 is 0 Å². The molecule has 0 unspecified atom stereocenters. The van der Waals surface area contributed by atoms with Crippen molar-refractivity contribution in [2.24, 2.45) is 0 Å². The third-order valence-electron chi connectivity index (χ3n) is 5.81. The van der Waals surface area contributed by atoms with Gasteiger partial charge in [-0.1, -0.05) is 18.2 Å². The third kappa shape index (κ3) is 4.56. The molecular weight excluding hydrogens is 462 g/mol. The SMILES string of the molecule is CC(=O)c1cccc(C(=O)Nc2c[nH]c3c(C(=O)NCc4ccc5c(c4)CC(=O)CO5)ncnc23)c1. The van der Waals surface area contributed by atoms with Crippen LogP contribution in [0.5, 0.6) is 5.75 Å². The van der Waals surface area contributed by atoms with Crippen molar-refractivity contribution in [1.82, 2.24) is 20.3 Å². The van der Waals surface area contributed by atoms with Gasteiger partial charge in [0, 0.05) is 35.9 Å². The molecular formula is C26H21N5O5. The number of rotatable bonds is 6. The number of anilines is 1. The van der Waals surface area contributed by atoms with E-state index < -0.39 is 11.8 Å². The van der Waals surface area contributed by atoms with Gasteiger partial charge in [0.15, 0.2) is 17.3 Å². The molecule has 180 valence electrons. The highest BCUT2D eigenvalue weighted by atomic mass is 16.5. The lowest BCUT2D eigenvalue weighted by Gasteiger charge is -2.17. The number of hydrogen-bond donors (Lipinski definition) is 3. The number of benzene rings is 2. The highest BCUT2D eigenvalue weighted by Crippen LogP contribution is 2.25. The van der Waals surface area contributed by atoms with Gasteiger partial charge < -0.3 is 20.4 Å². The molecule has 4 aromatic rings. The van der Waals surface area contributed by atoms with Crippen LogP contribution in [0.1, 0.15) is 49.3 Å². The fourth-order valence-corrected chi connectivity index (χ4v) is 3.99. The number of ether oxygens (including phenoxy) is 1. The molecule has 0 bridgehead atoms. The van der Waals surface area contributed by atoms with Crippen molar-refractivity contribution in [3.63, 3.8) is 0 Å². The largest absolute Gasteiger partial charge is 0.486 e. The minimum atomic E-state index is -0.429. The minimum absolute atomic E-state index is 0.00765. The van der Waals surface area contributed by atoms with Gasteiger partial charge in [-0.25, -0.2) is 9.97 Å². The summed E-state index contributed by atoms with van der Waals surface area (Å²) in [5.74, 6) is -0.304. The van der Waals surface area contributed by atoms with Crippen molar-refractivity contribution in [3.05, 3.63) is 82.9 Å². The number of hydrogen-bond acceptors (Lipinski definition) is 7. The fourth-order valence-electron chi connectivity index (χ4n) is 3.99. The summed E-state index contributed by atoms with van der Waals surface area (Å²) in [4.78, 5) is 60.2. The Balaban J connectivity index is 1.31. The smallest absolute Gasteiger partial charge is 0.272 e. The topological polar surface area (TPSA) is 143 Å². The first kappa shape index (κ1) is 22.9. The molecule has 0 spiro atoms. The van der Waals surface area contributed by atoms with Gasteiger partial charge in [0.05, 0.1) is 11.2 Å². The second-order valence-electron chi connectivity index (χ2n) is 8.37. The fraction of sp³-hybridized carbons (Fsp3) is 0.154. The van der Waals surface area contributed by atoms with Crippen LogP contribution in [-0.2, 0) is 17.8 Å². The van der Waals surface area contributed by atoms with Gasteiger partial charge in [-0.05, 0) is 36.8 Å². The lowest BCUT2D eigenvalue weighted by atomic mass is 10.0. The summed E-state index contributed by atoms with van der Waals surface area (Å²) in [5, 5.41) is 5.58. The zero-order chi connectivity index (χ0) is 25.2. The summed E-state index contributed by atoms with van der Waals surface area (Å²) < 4.78 is 5.41. The highest BCUT2D eigenvalue weighted by molar-refractivity contribution is 6.11. The van der Waals surface area contributed by atoms with Crippen LogP contribution in [0.25, 0.3) is 11.0 Å². The maximum absolute atomic E-state index is 12.9. The van der Waals surface area contributed by atoms with E-state index in [0.717, 1.165) is 11.1 Å². The number of nitrogens with zero attached hydrogens (tertiary/aromatic N) is 2. The molecule has 36 heavy (non-hydrogen) atoms. The van der Waals surface area contributed by atoms with Crippen LogP contribution in [0.3, 0.4) is 0 Å². The highest BCUT2D eigenvalue weighted by Gasteiger charge is 2.19. The third-order valence-corrected chi connectivity index (χ3v) is 5.81. The number of fused-ring (bicyclic) bond motifs is 2. The normalized spacial score (nSPS) is 12.5.